The maximum atomic E-state index is 2.27. The van der Waals surface area contributed by atoms with Gasteiger partial charge in [-0.15, -0.1) is 0 Å². The molecule has 0 aromatic heterocycles. The predicted octanol–water partition coefficient (Wildman–Crippen LogP) is 2.67. The molecule has 0 amide bonds. The largest absolute Gasteiger partial charge is 2.00 e. The minimum atomic E-state index is 0. The van der Waals surface area contributed by atoms with E-state index < -0.39 is 0 Å². The fraction of sp³-hybridized carbons (Fsp3) is 0.500. The van der Waals surface area contributed by atoms with E-state index in [-0.39, 0.29) is 20.4 Å². The zero-order chi connectivity index (χ0) is 5.66. The van der Waals surface area contributed by atoms with Crippen molar-refractivity contribution in [3.8, 4) is 0 Å². The van der Waals surface area contributed by atoms with Crippen LogP contribution in [0, 0.1) is 0 Å². The zero-order valence-electron chi connectivity index (χ0n) is 5.45. The van der Waals surface area contributed by atoms with Crippen molar-refractivity contribution in [1.82, 2.24) is 0 Å². The van der Waals surface area contributed by atoms with Crippen molar-refractivity contribution >= 4 is 0 Å². The van der Waals surface area contributed by atoms with Crippen LogP contribution in [0.1, 0.15) is 25.7 Å². The minimum absolute atomic E-state index is 0. The van der Waals surface area contributed by atoms with Gasteiger partial charge in [0.15, 0.2) is 0 Å². The average molecular weight is 215 g/mol. The molecule has 1 rings (SSSR count). The molecule has 0 N–H and O–H groups in total. The topological polar surface area (TPSA) is 0 Å². The fourth-order valence-electron chi connectivity index (χ4n) is 0.856. The Balaban J connectivity index is 0.000000640. The van der Waals surface area contributed by atoms with Crippen molar-refractivity contribution in [2.45, 2.75) is 25.7 Å². The fourth-order valence-corrected chi connectivity index (χ4v) is 0.856. The first kappa shape index (κ1) is 9.14. The van der Waals surface area contributed by atoms with E-state index in [0.29, 0.717) is 0 Å². The predicted molar refractivity (Wildman–Crippen MR) is 36.7 cm³/mol. The molecule has 1 heteroatoms. The SMILES string of the molecule is C1=CCCC=CCC1.[Pd+2]. The van der Waals surface area contributed by atoms with E-state index >= 15 is 0 Å². The molecule has 0 aromatic carbocycles. The van der Waals surface area contributed by atoms with Crippen molar-refractivity contribution in [2.75, 3.05) is 0 Å². The Hall–Kier alpha value is 0.142. The molecule has 0 nitrogen and oxygen atoms in total. The third-order valence-corrected chi connectivity index (χ3v) is 1.33. The molecule has 52 valence electrons. The average Bonchev–Trinajstić information content (AvgIpc) is 1.62. The van der Waals surface area contributed by atoms with Crippen LogP contribution in [0.3, 0.4) is 0 Å². The quantitative estimate of drug-likeness (QED) is 0.430. The maximum Gasteiger partial charge on any atom is 2.00 e. The van der Waals surface area contributed by atoms with E-state index in [1.54, 1.807) is 0 Å². The molecule has 9 heavy (non-hydrogen) atoms. The van der Waals surface area contributed by atoms with Gasteiger partial charge in [0.05, 0.1) is 0 Å². The third kappa shape index (κ3) is 4.63. The van der Waals surface area contributed by atoms with Crippen LogP contribution >= 0.6 is 0 Å². The first-order valence-corrected chi connectivity index (χ1v) is 3.30. The Kier molecular flexibility index (Phi) is 6.36. The number of hydrogen-bond donors (Lipinski definition) is 0. The molecule has 1 aliphatic carbocycles. The van der Waals surface area contributed by atoms with E-state index in [1.165, 1.54) is 25.7 Å². The second-order valence-corrected chi connectivity index (χ2v) is 2.10. The summed E-state index contributed by atoms with van der Waals surface area (Å²) < 4.78 is 0. The Morgan fingerprint density at radius 1 is 0.556 bits per heavy atom. The van der Waals surface area contributed by atoms with Gasteiger partial charge in [0.1, 0.15) is 0 Å². The van der Waals surface area contributed by atoms with Gasteiger partial charge < -0.3 is 0 Å². The van der Waals surface area contributed by atoms with Crippen LogP contribution in [0.2, 0.25) is 0 Å². The smallest absolute Gasteiger partial charge is 0.0882 e. The second kappa shape index (κ2) is 6.27. The number of rotatable bonds is 0. The number of hydrogen-bond acceptors (Lipinski definition) is 0. The van der Waals surface area contributed by atoms with Gasteiger partial charge >= 0.3 is 20.4 Å². The van der Waals surface area contributed by atoms with Gasteiger partial charge in [0.25, 0.3) is 0 Å². The van der Waals surface area contributed by atoms with Gasteiger partial charge in [0, 0.05) is 0 Å². The molecule has 0 heterocycles. The van der Waals surface area contributed by atoms with Crippen LogP contribution in [-0.2, 0) is 20.4 Å². The van der Waals surface area contributed by atoms with Gasteiger partial charge in [-0.3, -0.25) is 0 Å². The van der Waals surface area contributed by atoms with Crippen LogP contribution in [0.15, 0.2) is 24.3 Å². The van der Waals surface area contributed by atoms with Gasteiger partial charge in [-0.05, 0) is 25.7 Å². The van der Waals surface area contributed by atoms with Crippen molar-refractivity contribution in [1.29, 1.82) is 0 Å². The van der Waals surface area contributed by atoms with Crippen molar-refractivity contribution in [3.63, 3.8) is 0 Å². The van der Waals surface area contributed by atoms with E-state index in [0.717, 1.165) is 0 Å². The summed E-state index contributed by atoms with van der Waals surface area (Å²) in [5, 5.41) is 0. The third-order valence-electron chi connectivity index (χ3n) is 1.33. The maximum absolute atomic E-state index is 2.27. The monoisotopic (exact) mass is 214 g/mol. The molecule has 0 saturated heterocycles. The minimum Gasteiger partial charge on any atom is -0.0882 e. The van der Waals surface area contributed by atoms with Crippen LogP contribution in [0.5, 0.6) is 0 Å². The van der Waals surface area contributed by atoms with Gasteiger partial charge in [0.2, 0.25) is 0 Å². The molecule has 0 saturated carbocycles. The Bertz CT molecular complexity index is 77.1. The summed E-state index contributed by atoms with van der Waals surface area (Å²) in [6.07, 6.45) is 14.0. The number of allylic oxidation sites excluding steroid dienone is 4. The van der Waals surface area contributed by atoms with Crippen LogP contribution in [0.25, 0.3) is 0 Å². The molecule has 0 radical (unpaired) electrons. The second-order valence-electron chi connectivity index (χ2n) is 2.10. The molecule has 0 aromatic rings. The molecule has 0 unspecified atom stereocenters. The molecule has 0 atom stereocenters. The normalized spacial score (nSPS) is 17.8. The van der Waals surface area contributed by atoms with Gasteiger partial charge in [-0.1, -0.05) is 24.3 Å². The van der Waals surface area contributed by atoms with Gasteiger partial charge in [-0.25, -0.2) is 0 Å². The van der Waals surface area contributed by atoms with Gasteiger partial charge in [-0.2, -0.15) is 0 Å². The summed E-state index contributed by atoms with van der Waals surface area (Å²) in [4.78, 5) is 0. The van der Waals surface area contributed by atoms with Crippen LogP contribution in [-0.4, -0.2) is 0 Å². The molecule has 1 aliphatic rings. The van der Waals surface area contributed by atoms with Crippen molar-refractivity contribution in [3.05, 3.63) is 24.3 Å². The molecule has 0 fully saturated rings. The Morgan fingerprint density at radius 3 is 1.00 bits per heavy atom. The zero-order valence-corrected chi connectivity index (χ0v) is 7.01. The van der Waals surface area contributed by atoms with Crippen molar-refractivity contribution in [2.24, 2.45) is 0 Å². The molecule has 0 aliphatic heterocycles. The molecule has 0 spiro atoms. The van der Waals surface area contributed by atoms with Crippen molar-refractivity contribution < 1.29 is 20.4 Å². The van der Waals surface area contributed by atoms with E-state index in [2.05, 4.69) is 24.3 Å². The summed E-state index contributed by atoms with van der Waals surface area (Å²) >= 11 is 0. The van der Waals surface area contributed by atoms with Crippen LogP contribution < -0.4 is 0 Å². The molecule has 0 bridgehead atoms. The summed E-state index contributed by atoms with van der Waals surface area (Å²) in [5.41, 5.74) is 0. The summed E-state index contributed by atoms with van der Waals surface area (Å²) in [6.45, 7) is 0. The summed E-state index contributed by atoms with van der Waals surface area (Å²) in [6, 6.07) is 0. The summed E-state index contributed by atoms with van der Waals surface area (Å²) in [5.74, 6) is 0. The van der Waals surface area contributed by atoms with Crippen LogP contribution in [0.4, 0.5) is 0 Å². The Morgan fingerprint density at radius 2 is 0.778 bits per heavy atom. The molecular weight excluding hydrogens is 203 g/mol. The van der Waals surface area contributed by atoms with E-state index in [4.69, 9.17) is 0 Å². The first-order valence-electron chi connectivity index (χ1n) is 3.30. The molecular formula is C8H12Pd+2. The Labute approximate surface area is 70.7 Å². The standard InChI is InChI=1S/C8H12.Pd/c1-2-4-6-8-7-5-3-1;/h1-2,7-8H,3-6H2;/q;+2. The van der Waals surface area contributed by atoms with E-state index in [1.807, 2.05) is 0 Å². The first-order chi connectivity index (χ1) is 4.00. The summed E-state index contributed by atoms with van der Waals surface area (Å²) in [7, 11) is 0. The van der Waals surface area contributed by atoms with E-state index in [9.17, 15) is 0 Å².